The summed E-state index contributed by atoms with van der Waals surface area (Å²) < 4.78 is 35.7. The van der Waals surface area contributed by atoms with Gasteiger partial charge in [0.2, 0.25) is 5.82 Å². The van der Waals surface area contributed by atoms with E-state index in [2.05, 4.69) is 19.9 Å². The lowest BCUT2D eigenvalue weighted by atomic mass is 9.70. The fraction of sp³-hybridized carbons (Fsp3) is 0.714. The summed E-state index contributed by atoms with van der Waals surface area (Å²) >= 11 is 0. The number of rotatable bonds is 7. The van der Waals surface area contributed by atoms with Crippen molar-refractivity contribution in [1.29, 1.82) is 0 Å². The second-order valence-corrected chi connectivity index (χ2v) is 10.4. The smallest absolute Gasteiger partial charge is 0.201 e. The molecule has 3 heteroatoms. The van der Waals surface area contributed by atoms with Gasteiger partial charge in [0.05, 0.1) is 6.10 Å². The lowest BCUT2D eigenvalue weighted by Gasteiger charge is -2.35. The molecule has 0 radical (unpaired) electrons. The Bertz CT molecular complexity index is 763. The van der Waals surface area contributed by atoms with Gasteiger partial charge in [-0.3, -0.25) is 0 Å². The Morgan fingerprint density at radius 2 is 1.65 bits per heavy atom. The van der Waals surface area contributed by atoms with E-state index in [1.807, 2.05) is 0 Å². The van der Waals surface area contributed by atoms with E-state index in [1.54, 1.807) is 12.1 Å². The van der Waals surface area contributed by atoms with E-state index in [4.69, 9.17) is 4.74 Å². The summed E-state index contributed by atoms with van der Waals surface area (Å²) in [4.78, 5) is 0. The molecule has 3 atom stereocenters. The van der Waals surface area contributed by atoms with Crippen LogP contribution in [0.15, 0.2) is 18.2 Å². The molecule has 2 fully saturated rings. The molecule has 1 nitrogen and oxygen atoms in total. The van der Waals surface area contributed by atoms with E-state index < -0.39 is 11.6 Å². The van der Waals surface area contributed by atoms with Gasteiger partial charge in [-0.2, -0.15) is 4.39 Å². The molecule has 31 heavy (non-hydrogen) atoms. The molecule has 0 amide bonds. The summed E-state index contributed by atoms with van der Waals surface area (Å²) in [6, 6.07) is 3.39. The minimum Gasteiger partial charge on any atom is -0.487 e. The summed E-state index contributed by atoms with van der Waals surface area (Å²) in [5, 5.41) is 0. The highest BCUT2D eigenvalue weighted by atomic mass is 19.2. The number of allylic oxidation sites excluding steroid dienone is 2. The van der Waals surface area contributed by atoms with Crippen LogP contribution in [-0.2, 0) is 0 Å². The van der Waals surface area contributed by atoms with Crippen LogP contribution in [-0.4, -0.2) is 6.10 Å². The molecule has 3 aliphatic rings. The van der Waals surface area contributed by atoms with E-state index in [-0.39, 0.29) is 11.9 Å². The molecule has 172 valence electrons. The molecular weight excluding hydrogens is 390 g/mol. The first-order chi connectivity index (χ1) is 15.1. The average Bonchev–Trinajstić information content (AvgIpc) is 3.24. The second kappa shape index (κ2) is 10.5. The third-order valence-electron chi connectivity index (χ3n) is 8.46. The van der Waals surface area contributed by atoms with Crippen LogP contribution >= 0.6 is 0 Å². The average molecular weight is 431 g/mol. The van der Waals surface area contributed by atoms with Crippen molar-refractivity contribution in [3.05, 3.63) is 35.4 Å². The van der Waals surface area contributed by atoms with Gasteiger partial charge < -0.3 is 4.74 Å². The first-order valence-electron chi connectivity index (χ1n) is 12.9. The zero-order valence-electron chi connectivity index (χ0n) is 19.5. The second-order valence-electron chi connectivity index (χ2n) is 10.4. The van der Waals surface area contributed by atoms with Crippen LogP contribution < -0.4 is 4.74 Å². The van der Waals surface area contributed by atoms with Crippen molar-refractivity contribution in [2.75, 3.05) is 0 Å². The van der Waals surface area contributed by atoms with Gasteiger partial charge in [-0.1, -0.05) is 52.0 Å². The molecule has 0 saturated heterocycles. The quantitative estimate of drug-likeness (QED) is 0.420. The van der Waals surface area contributed by atoms with Crippen molar-refractivity contribution in [2.45, 2.75) is 103 Å². The number of ether oxygens (including phenoxy) is 1. The molecule has 0 spiro atoms. The standard InChI is InChI=1S/C28H40F2O/c1-3-5-20-8-15-24(18-20)31-26-17-16-25(27(29)28(26)30)23-13-11-22(12-14-23)21-9-6-19(4-2)7-10-21/h13,16-17,19-22,24H,3-12,14-15,18H2,1-2H3. The first kappa shape index (κ1) is 22.8. The van der Waals surface area contributed by atoms with Gasteiger partial charge in [0.15, 0.2) is 11.6 Å². The number of halogens is 2. The third-order valence-corrected chi connectivity index (χ3v) is 8.46. The van der Waals surface area contributed by atoms with Crippen LogP contribution in [0.3, 0.4) is 0 Å². The molecule has 0 bridgehead atoms. The summed E-state index contributed by atoms with van der Waals surface area (Å²) in [7, 11) is 0. The Morgan fingerprint density at radius 1 is 0.871 bits per heavy atom. The van der Waals surface area contributed by atoms with Crippen LogP contribution in [0.5, 0.6) is 5.75 Å². The van der Waals surface area contributed by atoms with Crippen LogP contribution in [0.1, 0.15) is 103 Å². The Balaban J connectivity index is 1.37. The third kappa shape index (κ3) is 5.34. The summed E-state index contributed by atoms with van der Waals surface area (Å²) in [5.41, 5.74) is 1.42. The monoisotopic (exact) mass is 430 g/mol. The largest absolute Gasteiger partial charge is 0.487 e. The Kier molecular flexibility index (Phi) is 7.72. The molecule has 0 N–H and O–H groups in total. The van der Waals surface area contributed by atoms with Gasteiger partial charge in [-0.15, -0.1) is 0 Å². The van der Waals surface area contributed by atoms with E-state index in [0.717, 1.165) is 61.9 Å². The van der Waals surface area contributed by atoms with Gasteiger partial charge >= 0.3 is 0 Å². The van der Waals surface area contributed by atoms with E-state index in [1.165, 1.54) is 44.9 Å². The Labute approximate surface area is 187 Å². The van der Waals surface area contributed by atoms with Crippen LogP contribution in [0.4, 0.5) is 8.78 Å². The lowest BCUT2D eigenvalue weighted by Crippen LogP contribution is -2.23. The van der Waals surface area contributed by atoms with Crippen molar-refractivity contribution in [2.24, 2.45) is 23.7 Å². The molecule has 0 heterocycles. The molecule has 0 aromatic heterocycles. The van der Waals surface area contributed by atoms with Crippen molar-refractivity contribution in [1.82, 2.24) is 0 Å². The first-order valence-corrected chi connectivity index (χ1v) is 12.9. The molecule has 0 aliphatic heterocycles. The number of benzene rings is 1. The van der Waals surface area contributed by atoms with Gasteiger partial charge in [-0.25, -0.2) is 4.39 Å². The maximum Gasteiger partial charge on any atom is 0.201 e. The van der Waals surface area contributed by atoms with Crippen molar-refractivity contribution >= 4 is 5.57 Å². The fourth-order valence-corrected chi connectivity index (χ4v) is 6.45. The maximum absolute atomic E-state index is 15.0. The van der Waals surface area contributed by atoms with E-state index >= 15 is 0 Å². The van der Waals surface area contributed by atoms with E-state index in [0.29, 0.717) is 11.5 Å². The van der Waals surface area contributed by atoms with Crippen LogP contribution in [0, 0.1) is 35.3 Å². The van der Waals surface area contributed by atoms with E-state index in [9.17, 15) is 8.78 Å². The highest BCUT2D eigenvalue weighted by molar-refractivity contribution is 5.67. The number of hydrogen-bond acceptors (Lipinski definition) is 1. The molecule has 1 aromatic carbocycles. The summed E-state index contributed by atoms with van der Waals surface area (Å²) in [5.74, 6) is 1.68. The van der Waals surface area contributed by atoms with Gasteiger partial charge in [0.25, 0.3) is 0 Å². The SMILES string of the molecule is CCCC1CCC(Oc2ccc(C3=CCC(C4CCC(CC)CC4)CC3)c(F)c2F)C1. The van der Waals surface area contributed by atoms with Gasteiger partial charge in [0, 0.05) is 5.56 Å². The topological polar surface area (TPSA) is 9.23 Å². The number of hydrogen-bond donors (Lipinski definition) is 0. The maximum atomic E-state index is 15.0. The molecule has 4 rings (SSSR count). The zero-order chi connectivity index (χ0) is 21.8. The van der Waals surface area contributed by atoms with Crippen molar-refractivity contribution < 1.29 is 13.5 Å². The fourth-order valence-electron chi connectivity index (χ4n) is 6.45. The molecule has 3 aliphatic carbocycles. The lowest BCUT2D eigenvalue weighted by molar-refractivity contribution is 0.191. The highest BCUT2D eigenvalue weighted by Gasteiger charge is 2.30. The Morgan fingerprint density at radius 3 is 2.32 bits per heavy atom. The van der Waals surface area contributed by atoms with Crippen LogP contribution in [0.2, 0.25) is 0 Å². The van der Waals surface area contributed by atoms with Crippen LogP contribution in [0.25, 0.3) is 5.57 Å². The summed E-state index contributed by atoms with van der Waals surface area (Å²) in [6.07, 6.45) is 17.3. The molecular formula is C28H40F2O. The minimum absolute atomic E-state index is 0.0220. The summed E-state index contributed by atoms with van der Waals surface area (Å²) in [6.45, 7) is 4.50. The van der Waals surface area contributed by atoms with Gasteiger partial charge in [0.1, 0.15) is 0 Å². The highest BCUT2D eigenvalue weighted by Crippen LogP contribution is 2.43. The predicted octanol–water partition coefficient (Wildman–Crippen LogP) is 8.71. The zero-order valence-corrected chi connectivity index (χ0v) is 19.5. The minimum atomic E-state index is -0.808. The molecule has 1 aromatic rings. The normalized spacial score (nSPS) is 31.5. The molecule has 2 saturated carbocycles. The molecule has 3 unspecified atom stereocenters. The van der Waals surface area contributed by atoms with Crippen molar-refractivity contribution in [3.8, 4) is 5.75 Å². The Hall–Kier alpha value is -1.38. The predicted molar refractivity (Wildman–Crippen MR) is 124 cm³/mol. The van der Waals surface area contributed by atoms with Gasteiger partial charge in [-0.05, 0) is 92.7 Å². The van der Waals surface area contributed by atoms with Crippen molar-refractivity contribution in [3.63, 3.8) is 0 Å².